The van der Waals surface area contributed by atoms with Crippen molar-refractivity contribution in [3.8, 4) is 0 Å². The summed E-state index contributed by atoms with van der Waals surface area (Å²) in [6, 6.07) is 0. The van der Waals surface area contributed by atoms with Gasteiger partial charge in [-0.15, -0.1) is 0 Å². The maximum Gasteiger partial charge on any atom is 0.341 e. The van der Waals surface area contributed by atoms with Crippen LogP contribution in [-0.4, -0.2) is 37.0 Å². The molecular weight excluding hydrogens is 184 g/mol. The summed E-state index contributed by atoms with van der Waals surface area (Å²) in [7, 11) is 2.96. The van der Waals surface area contributed by atoms with Crippen molar-refractivity contribution in [1.82, 2.24) is 0 Å². The summed E-state index contributed by atoms with van der Waals surface area (Å²) in [5.74, 6) is -0.356. The van der Waals surface area contributed by atoms with Crippen molar-refractivity contribution < 1.29 is 19.0 Å². The van der Waals surface area contributed by atoms with Crippen LogP contribution >= 0.6 is 0 Å². The van der Waals surface area contributed by atoms with Crippen molar-refractivity contribution in [2.24, 2.45) is 0 Å². The SMILES string of the molecule is COC(=O)C1(C)OC1(C)C(C)(C)OC. The Morgan fingerprint density at radius 2 is 1.79 bits per heavy atom. The highest BCUT2D eigenvalue weighted by Gasteiger charge is 2.76. The van der Waals surface area contributed by atoms with Crippen LogP contribution in [0.1, 0.15) is 27.7 Å². The fraction of sp³-hybridized carbons (Fsp3) is 0.900. The summed E-state index contributed by atoms with van der Waals surface area (Å²) < 4.78 is 15.5. The van der Waals surface area contributed by atoms with Crippen molar-refractivity contribution in [3.05, 3.63) is 0 Å². The molecule has 0 radical (unpaired) electrons. The van der Waals surface area contributed by atoms with Crippen LogP contribution in [0, 0.1) is 0 Å². The lowest BCUT2D eigenvalue weighted by Gasteiger charge is -2.29. The van der Waals surface area contributed by atoms with Gasteiger partial charge in [-0.1, -0.05) is 0 Å². The van der Waals surface area contributed by atoms with Gasteiger partial charge in [0.05, 0.1) is 12.7 Å². The summed E-state index contributed by atoms with van der Waals surface area (Å²) in [5.41, 5.74) is -2.03. The van der Waals surface area contributed by atoms with Gasteiger partial charge in [0, 0.05) is 7.11 Å². The van der Waals surface area contributed by atoms with Crippen LogP contribution < -0.4 is 0 Å². The van der Waals surface area contributed by atoms with Gasteiger partial charge in [-0.25, -0.2) is 4.79 Å². The molecule has 0 amide bonds. The molecule has 0 aliphatic carbocycles. The maximum absolute atomic E-state index is 11.5. The number of epoxide rings is 1. The van der Waals surface area contributed by atoms with Crippen LogP contribution in [0.25, 0.3) is 0 Å². The number of ether oxygens (including phenoxy) is 3. The second-order valence-electron chi connectivity index (χ2n) is 4.37. The molecule has 1 fully saturated rings. The number of rotatable bonds is 3. The van der Waals surface area contributed by atoms with Gasteiger partial charge < -0.3 is 14.2 Å². The van der Waals surface area contributed by atoms with Crippen molar-refractivity contribution in [1.29, 1.82) is 0 Å². The molecular formula is C10H18O4. The fourth-order valence-corrected chi connectivity index (χ4v) is 1.71. The van der Waals surface area contributed by atoms with Gasteiger partial charge in [0.25, 0.3) is 0 Å². The Kier molecular flexibility index (Phi) is 2.41. The highest BCUT2D eigenvalue weighted by Crippen LogP contribution is 2.55. The van der Waals surface area contributed by atoms with E-state index in [-0.39, 0.29) is 5.97 Å². The van der Waals surface area contributed by atoms with E-state index < -0.39 is 16.8 Å². The molecule has 0 aromatic carbocycles. The van der Waals surface area contributed by atoms with Crippen LogP contribution in [0.15, 0.2) is 0 Å². The molecule has 0 N–H and O–H groups in total. The van der Waals surface area contributed by atoms with E-state index in [9.17, 15) is 4.79 Å². The molecule has 0 bridgehead atoms. The molecule has 1 aliphatic heterocycles. The van der Waals surface area contributed by atoms with Crippen LogP contribution in [0.2, 0.25) is 0 Å². The van der Waals surface area contributed by atoms with Crippen molar-refractivity contribution >= 4 is 5.97 Å². The van der Waals surface area contributed by atoms with E-state index in [0.717, 1.165) is 0 Å². The monoisotopic (exact) mass is 202 g/mol. The number of hydrogen-bond donors (Lipinski definition) is 0. The van der Waals surface area contributed by atoms with E-state index in [1.54, 1.807) is 14.0 Å². The molecule has 1 saturated heterocycles. The third-order valence-electron chi connectivity index (χ3n) is 3.51. The van der Waals surface area contributed by atoms with Crippen molar-refractivity contribution in [3.63, 3.8) is 0 Å². The number of hydrogen-bond acceptors (Lipinski definition) is 4. The lowest BCUT2D eigenvalue weighted by molar-refractivity contribution is -0.146. The van der Waals surface area contributed by atoms with Gasteiger partial charge in [-0.2, -0.15) is 0 Å². The smallest absolute Gasteiger partial charge is 0.341 e. The molecule has 14 heavy (non-hydrogen) atoms. The van der Waals surface area contributed by atoms with Gasteiger partial charge in [0.15, 0.2) is 5.60 Å². The van der Waals surface area contributed by atoms with E-state index in [1.807, 2.05) is 20.8 Å². The Morgan fingerprint density at radius 3 is 2.14 bits per heavy atom. The topological polar surface area (TPSA) is 48.1 Å². The average molecular weight is 202 g/mol. The first-order chi connectivity index (χ1) is 6.25. The van der Waals surface area contributed by atoms with E-state index in [2.05, 4.69) is 0 Å². The van der Waals surface area contributed by atoms with Crippen LogP contribution in [0.5, 0.6) is 0 Å². The summed E-state index contributed by atoms with van der Waals surface area (Å²) in [6.45, 7) is 7.36. The molecule has 4 heteroatoms. The third-order valence-corrected chi connectivity index (χ3v) is 3.51. The Balaban J connectivity index is 2.90. The van der Waals surface area contributed by atoms with Crippen LogP contribution in [-0.2, 0) is 19.0 Å². The van der Waals surface area contributed by atoms with Gasteiger partial charge in [-0.3, -0.25) is 0 Å². The molecule has 2 atom stereocenters. The van der Waals surface area contributed by atoms with Crippen LogP contribution in [0.4, 0.5) is 0 Å². The highest BCUT2D eigenvalue weighted by atomic mass is 16.7. The molecule has 4 nitrogen and oxygen atoms in total. The zero-order valence-corrected chi connectivity index (χ0v) is 9.63. The third kappa shape index (κ3) is 1.17. The van der Waals surface area contributed by atoms with Gasteiger partial charge in [0.1, 0.15) is 5.60 Å². The predicted molar refractivity (Wildman–Crippen MR) is 51.0 cm³/mol. The van der Waals surface area contributed by atoms with E-state index in [1.165, 1.54) is 7.11 Å². The Hall–Kier alpha value is -0.610. The molecule has 82 valence electrons. The number of carbonyl (C=O) groups is 1. The molecule has 0 aromatic heterocycles. The minimum atomic E-state index is -0.888. The number of methoxy groups -OCH3 is 2. The largest absolute Gasteiger partial charge is 0.467 e. The highest BCUT2D eigenvalue weighted by molar-refractivity contribution is 5.84. The standard InChI is InChI=1S/C10H18O4/c1-8(2,13-6)10(4)9(3,14-10)7(11)12-5/h1-6H3. The van der Waals surface area contributed by atoms with E-state index in [0.29, 0.717) is 0 Å². The molecule has 1 heterocycles. The zero-order chi connectivity index (χ0) is 11.2. The summed E-state index contributed by atoms with van der Waals surface area (Å²) in [4.78, 5) is 11.5. The molecule has 0 aromatic rings. The Labute approximate surface area is 84.5 Å². The first kappa shape index (κ1) is 11.5. The quantitative estimate of drug-likeness (QED) is 0.508. The van der Waals surface area contributed by atoms with Gasteiger partial charge in [0.2, 0.25) is 0 Å². The molecule has 0 saturated carbocycles. The second kappa shape index (κ2) is 2.94. The zero-order valence-electron chi connectivity index (χ0n) is 9.63. The van der Waals surface area contributed by atoms with Gasteiger partial charge >= 0.3 is 5.97 Å². The lowest BCUT2D eigenvalue weighted by Crippen LogP contribution is -2.46. The maximum atomic E-state index is 11.5. The average Bonchev–Trinajstić information content (AvgIpc) is 2.72. The van der Waals surface area contributed by atoms with Crippen molar-refractivity contribution in [2.45, 2.75) is 44.5 Å². The molecule has 1 aliphatic rings. The molecule has 0 spiro atoms. The van der Waals surface area contributed by atoms with Crippen molar-refractivity contribution in [2.75, 3.05) is 14.2 Å². The minimum absolute atomic E-state index is 0.356. The predicted octanol–water partition coefficient (Wildman–Crippen LogP) is 1.13. The Bertz CT molecular complexity index is 261. The summed E-state index contributed by atoms with van der Waals surface area (Å²) in [5, 5.41) is 0. The second-order valence-corrected chi connectivity index (χ2v) is 4.37. The van der Waals surface area contributed by atoms with E-state index >= 15 is 0 Å². The normalized spacial score (nSPS) is 36.7. The minimum Gasteiger partial charge on any atom is -0.467 e. The fourth-order valence-electron chi connectivity index (χ4n) is 1.71. The first-order valence-corrected chi connectivity index (χ1v) is 4.59. The van der Waals surface area contributed by atoms with E-state index in [4.69, 9.17) is 14.2 Å². The first-order valence-electron chi connectivity index (χ1n) is 4.59. The number of carbonyl (C=O) groups excluding carboxylic acids is 1. The van der Waals surface area contributed by atoms with Gasteiger partial charge in [-0.05, 0) is 27.7 Å². The summed E-state index contributed by atoms with van der Waals surface area (Å²) in [6.07, 6.45) is 0. The van der Waals surface area contributed by atoms with Crippen LogP contribution in [0.3, 0.4) is 0 Å². The number of esters is 1. The summed E-state index contributed by atoms with van der Waals surface area (Å²) >= 11 is 0. The lowest BCUT2D eigenvalue weighted by atomic mass is 9.82. The molecule has 1 rings (SSSR count). The Morgan fingerprint density at radius 1 is 1.29 bits per heavy atom. The molecule has 2 unspecified atom stereocenters.